The molecule has 2 heterocycles. The van der Waals surface area contributed by atoms with Crippen molar-refractivity contribution < 1.29 is 9.53 Å². The van der Waals surface area contributed by atoms with Gasteiger partial charge in [-0.05, 0) is 33.7 Å². The van der Waals surface area contributed by atoms with Crippen LogP contribution in [0.3, 0.4) is 0 Å². The van der Waals surface area contributed by atoms with Gasteiger partial charge in [0, 0.05) is 38.0 Å². The number of carbonyl (C=O) groups is 1. The summed E-state index contributed by atoms with van der Waals surface area (Å²) in [7, 11) is 0. The molecular weight excluding hydrogens is 312 g/mol. The lowest BCUT2D eigenvalue weighted by Crippen LogP contribution is -2.39. The van der Waals surface area contributed by atoms with Crippen molar-refractivity contribution in [3.8, 4) is 0 Å². The third kappa shape index (κ3) is 6.08. The van der Waals surface area contributed by atoms with Crippen LogP contribution >= 0.6 is 11.3 Å². The van der Waals surface area contributed by atoms with E-state index in [1.165, 1.54) is 0 Å². The number of thiazole rings is 1. The van der Waals surface area contributed by atoms with Crippen LogP contribution in [-0.4, -0.2) is 59.2 Å². The second-order valence-corrected chi connectivity index (χ2v) is 7.81. The Hall–Kier alpha value is -1.18. The zero-order valence-electron chi connectivity index (χ0n) is 14.4. The maximum absolute atomic E-state index is 12.2. The van der Waals surface area contributed by atoms with Gasteiger partial charge in [0.15, 0.2) is 0 Å². The molecule has 0 radical (unpaired) electrons. The molecular formula is C16H28N4O2S. The molecule has 0 unspecified atom stereocenters. The summed E-state index contributed by atoms with van der Waals surface area (Å²) in [6.45, 7) is 10.5. The maximum Gasteiger partial charge on any atom is 0.410 e. The van der Waals surface area contributed by atoms with Gasteiger partial charge in [-0.25, -0.2) is 9.78 Å². The number of hydrogen-bond donors (Lipinski definition) is 1. The molecule has 0 aromatic carbocycles. The molecule has 1 aromatic heterocycles. The van der Waals surface area contributed by atoms with Crippen molar-refractivity contribution >= 4 is 17.4 Å². The molecule has 2 rings (SSSR count). The smallest absolute Gasteiger partial charge is 0.410 e. The molecule has 0 bridgehead atoms. The van der Waals surface area contributed by atoms with Gasteiger partial charge >= 0.3 is 6.09 Å². The first kappa shape index (κ1) is 18.2. The van der Waals surface area contributed by atoms with Gasteiger partial charge in [-0.2, -0.15) is 0 Å². The van der Waals surface area contributed by atoms with E-state index in [0.717, 1.165) is 49.7 Å². The van der Waals surface area contributed by atoms with Crippen molar-refractivity contribution in [1.29, 1.82) is 0 Å². The maximum atomic E-state index is 12.2. The average molecular weight is 340 g/mol. The first-order chi connectivity index (χ1) is 10.9. The summed E-state index contributed by atoms with van der Waals surface area (Å²) in [5.74, 6) is 0. The quantitative estimate of drug-likeness (QED) is 0.909. The molecule has 23 heavy (non-hydrogen) atoms. The SMILES string of the molecule is CC(C)(C)OC(=O)N1CCCN(Cc2nc(CCN)cs2)CC1. The van der Waals surface area contributed by atoms with Gasteiger partial charge in [0.25, 0.3) is 0 Å². The predicted octanol–water partition coefficient (Wildman–Crippen LogP) is 2.09. The zero-order valence-corrected chi connectivity index (χ0v) is 15.2. The van der Waals surface area contributed by atoms with Gasteiger partial charge in [-0.15, -0.1) is 11.3 Å². The molecule has 1 aromatic rings. The Morgan fingerprint density at radius 1 is 1.35 bits per heavy atom. The van der Waals surface area contributed by atoms with Crippen molar-refractivity contribution in [3.63, 3.8) is 0 Å². The van der Waals surface area contributed by atoms with Crippen LogP contribution in [0.4, 0.5) is 4.79 Å². The minimum atomic E-state index is -0.441. The first-order valence-corrected chi connectivity index (χ1v) is 9.09. The molecule has 1 saturated heterocycles. The van der Waals surface area contributed by atoms with Crippen LogP contribution in [0.1, 0.15) is 37.9 Å². The lowest BCUT2D eigenvalue weighted by Gasteiger charge is -2.26. The fraction of sp³-hybridized carbons (Fsp3) is 0.750. The summed E-state index contributed by atoms with van der Waals surface area (Å²) < 4.78 is 5.46. The van der Waals surface area contributed by atoms with Crippen LogP contribution in [0, 0.1) is 0 Å². The number of ether oxygens (including phenoxy) is 1. The number of carbonyl (C=O) groups excluding carboxylic acids is 1. The number of hydrogen-bond acceptors (Lipinski definition) is 6. The van der Waals surface area contributed by atoms with E-state index in [1.807, 2.05) is 25.7 Å². The number of nitrogens with two attached hydrogens (primary N) is 1. The first-order valence-electron chi connectivity index (χ1n) is 8.21. The minimum Gasteiger partial charge on any atom is -0.444 e. The van der Waals surface area contributed by atoms with Crippen LogP contribution in [0.25, 0.3) is 0 Å². The second-order valence-electron chi connectivity index (χ2n) is 6.87. The van der Waals surface area contributed by atoms with Gasteiger partial charge in [-0.3, -0.25) is 4.90 Å². The summed E-state index contributed by atoms with van der Waals surface area (Å²) >= 11 is 1.69. The largest absolute Gasteiger partial charge is 0.444 e. The van der Waals surface area contributed by atoms with Crippen molar-refractivity contribution in [1.82, 2.24) is 14.8 Å². The molecule has 1 fully saturated rings. The van der Waals surface area contributed by atoms with E-state index in [1.54, 1.807) is 11.3 Å². The van der Waals surface area contributed by atoms with E-state index in [2.05, 4.69) is 15.3 Å². The van der Waals surface area contributed by atoms with E-state index in [4.69, 9.17) is 10.5 Å². The molecule has 130 valence electrons. The van der Waals surface area contributed by atoms with Gasteiger partial charge in [-0.1, -0.05) is 0 Å². The highest BCUT2D eigenvalue weighted by Gasteiger charge is 2.24. The fourth-order valence-corrected chi connectivity index (χ4v) is 3.38. The molecule has 0 atom stereocenters. The number of rotatable bonds is 4. The van der Waals surface area contributed by atoms with E-state index >= 15 is 0 Å². The zero-order chi connectivity index (χ0) is 16.9. The second kappa shape index (κ2) is 8.08. The summed E-state index contributed by atoms with van der Waals surface area (Å²) in [5, 5.41) is 3.21. The van der Waals surface area contributed by atoms with Crippen molar-refractivity contribution in [2.24, 2.45) is 5.73 Å². The van der Waals surface area contributed by atoms with Crippen LogP contribution in [-0.2, 0) is 17.7 Å². The highest BCUT2D eigenvalue weighted by Crippen LogP contribution is 2.16. The third-order valence-corrected chi connectivity index (χ3v) is 4.48. The van der Waals surface area contributed by atoms with Gasteiger partial charge in [0.2, 0.25) is 0 Å². The van der Waals surface area contributed by atoms with Crippen LogP contribution in [0.2, 0.25) is 0 Å². The third-order valence-electron chi connectivity index (χ3n) is 3.60. The molecule has 0 spiro atoms. The Morgan fingerprint density at radius 3 is 2.83 bits per heavy atom. The Balaban J connectivity index is 1.84. The van der Waals surface area contributed by atoms with Crippen LogP contribution < -0.4 is 5.73 Å². The standard InChI is InChI=1S/C16H28N4O2S/c1-16(2,3)22-15(21)20-8-4-7-19(9-10-20)11-14-18-13(5-6-17)12-23-14/h12H,4-11,17H2,1-3H3. The normalized spacial score (nSPS) is 17.1. The number of aromatic nitrogens is 1. The lowest BCUT2D eigenvalue weighted by atomic mass is 10.2. The molecule has 1 amide bonds. The summed E-state index contributed by atoms with van der Waals surface area (Å²) in [6.07, 6.45) is 1.59. The van der Waals surface area contributed by atoms with E-state index in [-0.39, 0.29) is 6.09 Å². The summed E-state index contributed by atoms with van der Waals surface area (Å²) in [5.41, 5.74) is 6.21. The molecule has 6 nitrogen and oxygen atoms in total. The Morgan fingerprint density at radius 2 is 2.13 bits per heavy atom. The van der Waals surface area contributed by atoms with E-state index < -0.39 is 5.60 Å². The average Bonchev–Trinajstić information content (AvgIpc) is 2.74. The van der Waals surface area contributed by atoms with Crippen molar-refractivity contribution in [2.75, 3.05) is 32.7 Å². The molecule has 1 aliphatic heterocycles. The van der Waals surface area contributed by atoms with Crippen LogP contribution in [0.15, 0.2) is 5.38 Å². The molecule has 7 heteroatoms. The predicted molar refractivity (Wildman–Crippen MR) is 92.6 cm³/mol. The summed E-state index contributed by atoms with van der Waals surface area (Å²) in [4.78, 5) is 21.0. The molecule has 0 saturated carbocycles. The number of amides is 1. The van der Waals surface area contributed by atoms with Gasteiger partial charge < -0.3 is 15.4 Å². The topological polar surface area (TPSA) is 71.7 Å². The summed E-state index contributed by atoms with van der Waals surface area (Å²) in [6, 6.07) is 0. The van der Waals surface area contributed by atoms with Gasteiger partial charge in [0.05, 0.1) is 12.2 Å². The Labute approximate surface area is 142 Å². The van der Waals surface area contributed by atoms with Crippen LogP contribution in [0.5, 0.6) is 0 Å². The Bertz CT molecular complexity index is 512. The molecule has 1 aliphatic rings. The van der Waals surface area contributed by atoms with E-state index in [0.29, 0.717) is 13.1 Å². The van der Waals surface area contributed by atoms with Crippen molar-refractivity contribution in [2.45, 2.75) is 45.8 Å². The minimum absolute atomic E-state index is 0.209. The highest BCUT2D eigenvalue weighted by molar-refractivity contribution is 7.09. The molecule has 0 aliphatic carbocycles. The number of nitrogens with zero attached hydrogens (tertiary/aromatic N) is 3. The monoisotopic (exact) mass is 340 g/mol. The van der Waals surface area contributed by atoms with Crippen molar-refractivity contribution in [3.05, 3.63) is 16.1 Å². The van der Waals surface area contributed by atoms with Gasteiger partial charge in [0.1, 0.15) is 10.6 Å². The Kier molecular flexibility index (Phi) is 6.38. The molecule has 2 N–H and O–H groups in total. The fourth-order valence-electron chi connectivity index (χ4n) is 2.51. The lowest BCUT2D eigenvalue weighted by molar-refractivity contribution is 0.0257. The van der Waals surface area contributed by atoms with E-state index in [9.17, 15) is 4.79 Å². The highest BCUT2D eigenvalue weighted by atomic mass is 32.1.